The minimum Gasteiger partial charge on any atom is -0.423 e. The second-order valence-electron chi connectivity index (χ2n) is 4.23. The molecule has 0 radical (unpaired) electrons. The van der Waals surface area contributed by atoms with Gasteiger partial charge in [-0.3, -0.25) is 4.79 Å². The quantitative estimate of drug-likeness (QED) is 0.569. The number of aliphatic hydroxyl groups excluding tert-OH is 1. The topological polar surface area (TPSA) is 81.0 Å². The van der Waals surface area contributed by atoms with E-state index in [-0.39, 0.29) is 18.4 Å². The zero-order valence-electron chi connectivity index (χ0n) is 9.28. The van der Waals surface area contributed by atoms with Crippen LogP contribution in [0.5, 0.6) is 0 Å². The van der Waals surface area contributed by atoms with Gasteiger partial charge in [0.2, 0.25) is 5.91 Å². The van der Waals surface area contributed by atoms with E-state index in [9.17, 15) is 4.79 Å². The molecule has 6 heteroatoms. The van der Waals surface area contributed by atoms with Gasteiger partial charge in [0.25, 0.3) is 0 Å². The minimum atomic E-state index is -1.54. The Kier molecular flexibility index (Phi) is 3.47. The molecule has 0 aromatic heterocycles. The lowest BCUT2D eigenvalue weighted by Gasteiger charge is -2.17. The molecule has 0 saturated carbocycles. The summed E-state index contributed by atoms with van der Waals surface area (Å²) >= 11 is 0. The first-order valence-electron chi connectivity index (χ1n) is 5.49. The minimum absolute atomic E-state index is 0.00937. The molecule has 1 heterocycles. The number of amides is 1. The summed E-state index contributed by atoms with van der Waals surface area (Å²) in [6.45, 7) is 0.463. The van der Waals surface area contributed by atoms with Gasteiger partial charge in [-0.25, -0.2) is 0 Å². The second-order valence-corrected chi connectivity index (χ2v) is 4.23. The maximum Gasteiger partial charge on any atom is 0.488 e. The average Bonchev–Trinajstić information content (AvgIpc) is 2.71. The molecule has 90 valence electrons. The van der Waals surface area contributed by atoms with Gasteiger partial charge in [0.15, 0.2) is 0 Å². The monoisotopic (exact) mass is 235 g/mol. The second kappa shape index (κ2) is 4.87. The molecule has 2 rings (SSSR count). The highest BCUT2D eigenvalue weighted by atomic mass is 16.4. The molecular formula is C11H14BNO4. The summed E-state index contributed by atoms with van der Waals surface area (Å²) in [4.78, 5) is 13.3. The molecule has 17 heavy (non-hydrogen) atoms. The molecule has 1 unspecified atom stereocenters. The fraction of sp³-hybridized carbons (Fsp3) is 0.364. The SMILES string of the molecule is O=C1CC(CO)CN1c1cccc(B(O)O)c1. The summed E-state index contributed by atoms with van der Waals surface area (Å²) in [6.07, 6.45) is 0.336. The van der Waals surface area contributed by atoms with Crippen LogP contribution in [-0.4, -0.2) is 41.3 Å². The van der Waals surface area contributed by atoms with Crippen LogP contribution in [-0.2, 0) is 4.79 Å². The molecule has 0 bridgehead atoms. The predicted octanol–water partition coefficient (Wildman–Crippen LogP) is -1.29. The smallest absolute Gasteiger partial charge is 0.423 e. The largest absolute Gasteiger partial charge is 0.488 e. The van der Waals surface area contributed by atoms with Gasteiger partial charge < -0.3 is 20.1 Å². The summed E-state index contributed by atoms with van der Waals surface area (Å²) < 4.78 is 0. The summed E-state index contributed by atoms with van der Waals surface area (Å²) in [7, 11) is -1.54. The van der Waals surface area contributed by atoms with Crippen LogP contribution in [0.25, 0.3) is 0 Å². The molecule has 1 fully saturated rings. The van der Waals surface area contributed by atoms with Crippen molar-refractivity contribution in [3.8, 4) is 0 Å². The maximum absolute atomic E-state index is 11.7. The highest BCUT2D eigenvalue weighted by Gasteiger charge is 2.30. The van der Waals surface area contributed by atoms with Gasteiger partial charge in [0.05, 0.1) is 0 Å². The van der Waals surface area contributed by atoms with E-state index in [1.54, 1.807) is 29.2 Å². The van der Waals surface area contributed by atoms with Gasteiger partial charge in [-0.05, 0) is 17.6 Å². The predicted molar refractivity (Wildman–Crippen MR) is 63.8 cm³/mol. The number of rotatable bonds is 3. The lowest BCUT2D eigenvalue weighted by atomic mass is 9.80. The zero-order chi connectivity index (χ0) is 12.4. The maximum atomic E-state index is 11.7. The molecule has 1 aliphatic heterocycles. The molecule has 0 spiro atoms. The van der Waals surface area contributed by atoms with Crippen molar-refractivity contribution >= 4 is 24.2 Å². The van der Waals surface area contributed by atoms with Crippen LogP contribution in [0.4, 0.5) is 5.69 Å². The number of hydrogen-bond donors (Lipinski definition) is 3. The van der Waals surface area contributed by atoms with Crippen molar-refractivity contribution in [1.29, 1.82) is 0 Å². The van der Waals surface area contributed by atoms with E-state index in [1.165, 1.54) is 0 Å². The molecule has 1 atom stereocenters. The number of aliphatic hydroxyl groups is 1. The van der Waals surface area contributed by atoms with Gasteiger partial charge in [0.1, 0.15) is 0 Å². The van der Waals surface area contributed by atoms with Crippen molar-refractivity contribution in [2.45, 2.75) is 6.42 Å². The van der Waals surface area contributed by atoms with Crippen LogP contribution in [0.1, 0.15) is 6.42 Å². The van der Waals surface area contributed by atoms with Crippen molar-refractivity contribution in [3.63, 3.8) is 0 Å². The number of carbonyl (C=O) groups is 1. The number of hydrogen-bond acceptors (Lipinski definition) is 4. The van der Waals surface area contributed by atoms with Crippen molar-refractivity contribution in [1.82, 2.24) is 0 Å². The first-order valence-corrected chi connectivity index (χ1v) is 5.49. The Morgan fingerprint density at radius 3 is 2.76 bits per heavy atom. The van der Waals surface area contributed by atoms with Gasteiger partial charge in [-0.15, -0.1) is 0 Å². The lowest BCUT2D eigenvalue weighted by molar-refractivity contribution is -0.117. The van der Waals surface area contributed by atoms with Gasteiger partial charge in [-0.2, -0.15) is 0 Å². The van der Waals surface area contributed by atoms with Crippen LogP contribution >= 0.6 is 0 Å². The Morgan fingerprint density at radius 2 is 2.18 bits per heavy atom. The summed E-state index contributed by atoms with van der Waals surface area (Å²) in [5.74, 6) is -0.0844. The number of anilines is 1. The molecule has 1 aromatic rings. The average molecular weight is 235 g/mol. The molecule has 1 aromatic carbocycles. The third-order valence-corrected chi connectivity index (χ3v) is 2.94. The number of benzene rings is 1. The Labute approximate surface area is 99.4 Å². The van der Waals surface area contributed by atoms with E-state index in [0.717, 1.165) is 0 Å². The van der Waals surface area contributed by atoms with E-state index in [4.69, 9.17) is 15.2 Å². The van der Waals surface area contributed by atoms with Crippen LogP contribution in [0.3, 0.4) is 0 Å². The summed E-state index contributed by atoms with van der Waals surface area (Å²) in [6, 6.07) is 6.56. The number of nitrogens with zero attached hydrogens (tertiary/aromatic N) is 1. The molecular weight excluding hydrogens is 221 g/mol. The van der Waals surface area contributed by atoms with Crippen molar-refractivity contribution in [2.75, 3.05) is 18.1 Å². The Hall–Kier alpha value is -1.37. The van der Waals surface area contributed by atoms with E-state index < -0.39 is 7.12 Å². The van der Waals surface area contributed by atoms with Crippen molar-refractivity contribution in [2.24, 2.45) is 5.92 Å². The molecule has 5 nitrogen and oxygen atoms in total. The first kappa shape index (κ1) is 12.1. The lowest BCUT2D eigenvalue weighted by Crippen LogP contribution is -2.32. The Bertz CT molecular complexity index is 424. The van der Waals surface area contributed by atoms with Crippen molar-refractivity contribution < 1.29 is 19.9 Å². The van der Waals surface area contributed by atoms with Crippen LogP contribution in [0.15, 0.2) is 24.3 Å². The van der Waals surface area contributed by atoms with Crippen molar-refractivity contribution in [3.05, 3.63) is 24.3 Å². The van der Waals surface area contributed by atoms with Crippen LogP contribution < -0.4 is 10.4 Å². The van der Waals surface area contributed by atoms with Gasteiger partial charge >= 0.3 is 7.12 Å². The molecule has 3 N–H and O–H groups in total. The third kappa shape index (κ3) is 2.49. The van der Waals surface area contributed by atoms with E-state index in [1.807, 2.05) is 0 Å². The molecule has 0 aliphatic carbocycles. The Morgan fingerprint density at radius 1 is 1.41 bits per heavy atom. The fourth-order valence-electron chi connectivity index (χ4n) is 2.01. The Balaban J connectivity index is 2.22. The van der Waals surface area contributed by atoms with Crippen LogP contribution in [0, 0.1) is 5.92 Å². The molecule has 1 saturated heterocycles. The van der Waals surface area contributed by atoms with Crippen LogP contribution in [0.2, 0.25) is 0 Å². The van der Waals surface area contributed by atoms with E-state index in [2.05, 4.69) is 0 Å². The summed E-state index contributed by atoms with van der Waals surface area (Å²) in [5.41, 5.74) is 0.985. The highest BCUT2D eigenvalue weighted by Crippen LogP contribution is 2.23. The highest BCUT2D eigenvalue weighted by molar-refractivity contribution is 6.58. The zero-order valence-corrected chi connectivity index (χ0v) is 9.28. The van der Waals surface area contributed by atoms with Gasteiger partial charge in [0, 0.05) is 31.2 Å². The van der Waals surface area contributed by atoms with E-state index in [0.29, 0.717) is 24.1 Å². The fourth-order valence-corrected chi connectivity index (χ4v) is 2.01. The third-order valence-electron chi connectivity index (χ3n) is 2.94. The first-order chi connectivity index (χ1) is 8.11. The molecule has 1 aliphatic rings. The van der Waals surface area contributed by atoms with Gasteiger partial charge in [-0.1, -0.05) is 12.1 Å². The standard InChI is InChI=1S/C11H14BNO4/c14-7-8-4-11(15)13(6-8)10-3-1-2-9(5-10)12(16)17/h1-3,5,8,14,16-17H,4,6-7H2. The molecule has 1 amide bonds. The normalized spacial score (nSPS) is 19.8. The van der Waals surface area contributed by atoms with E-state index >= 15 is 0 Å². The number of carbonyl (C=O) groups excluding carboxylic acids is 1. The summed E-state index contributed by atoms with van der Waals surface area (Å²) in [5, 5.41) is 27.2.